The van der Waals surface area contributed by atoms with E-state index >= 15 is 0 Å². The zero-order chi connectivity index (χ0) is 10.4. The molecule has 0 atom stereocenters. The highest BCUT2D eigenvalue weighted by Gasteiger charge is 2.02. The van der Waals surface area contributed by atoms with Crippen molar-refractivity contribution in [1.82, 2.24) is 0 Å². The van der Waals surface area contributed by atoms with Crippen molar-refractivity contribution in [2.24, 2.45) is 0 Å². The van der Waals surface area contributed by atoms with Crippen LogP contribution in [0.1, 0.15) is 6.42 Å². The highest BCUT2D eigenvalue weighted by molar-refractivity contribution is 7.98. The summed E-state index contributed by atoms with van der Waals surface area (Å²) in [5.41, 5.74) is 5.82. The van der Waals surface area contributed by atoms with E-state index in [9.17, 15) is 4.39 Å². The van der Waals surface area contributed by atoms with Gasteiger partial charge in [-0.15, -0.1) is 0 Å². The first-order chi connectivity index (χ1) is 6.74. The Morgan fingerprint density at radius 2 is 2.29 bits per heavy atom. The topological polar surface area (TPSA) is 35.2 Å². The van der Waals surface area contributed by atoms with Crippen LogP contribution in [0.4, 0.5) is 10.1 Å². The average Bonchev–Trinajstić information content (AvgIpc) is 2.15. The van der Waals surface area contributed by atoms with Gasteiger partial charge >= 0.3 is 0 Å². The minimum absolute atomic E-state index is 0.278. The van der Waals surface area contributed by atoms with Gasteiger partial charge in [-0.25, -0.2) is 4.39 Å². The summed E-state index contributed by atoms with van der Waals surface area (Å²) in [4.78, 5) is 0. The van der Waals surface area contributed by atoms with Crippen LogP contribution in [0.5, 0.6) is 5.75 Å². The van der Waals surface area contributed by atoms with Gasteiger partial charge in [0.25, 0.3) is 0 Å². The van der Waals surface area contributed by atoms with Crippen LogP contribution in [0, 0.1) is 5.82 Å². The molecule has 0 spiro atoms. The van der Waals surface area contributed by atoms with Crippen molar-refractivity contribution >= 4 is 17.4 Å². The molecular formula is C10H14FNOS. The third kappa shape index (κ3) is 3.46. The van der Waals surface area contributed by atoms with Crippen LogP contribution in [0.25, 0.3) is 0 Å². The van der Waals surface area contributed by atoms with Crippen molar-refractivity contribution < 1.29 is 9.13 Å². The van der Waals surface area contributed by atoms with Crippen molar-refractivity contribution in [2.75, 3.05) is 24.3 Å². The SMILES string of the molecule is CSCCCOc1ccc(N)cc1F. The summed E-state index contributed by atoms with van der Waals surface area (Å²) in [6.45, 7) is 0.543. The Balaban J connectivity index is 2.42. The number of ether oxygens (including phenoxy) is 1. The summed E-state index contributed by atoms with van der Waals surface area (Å²) in [6, 6.07) is 4.46. The molecular weight excluding hydrogens is 201 g/mol. The fourth-order valence-corrected chi connectivity index (χ4v) is 1.43. The summed E-state index contributed by atoms with van der Waals surface area (Å²) in [5.74, 6) is 0.908. The molecule has 2 nitrogen and oxygen atoms in total. The van der Waals surface area contributed by atoms with Gasteiger partial charge in [-0.05, 0) is 30.6 Å². The number of halogens is 1. The van der Waals surface area contributed by atoms with Crippen LogP contribution in [0.3, 0.4) is 0 Å². The van der Waals surface area contributed by atoms with Gasteiger partial charge in [-0.2, -0.15) is 11.8 Å². The molecule has 0 amide bonds. The van der Waals surface area contributed by atoms with E-state index in [2.05, 4.69) is 0 Å². The largest absolute Gasteiger partial charge is 0.490 e. The highest BCUT2D eigenvalue weighted by Crippen LogP contribution is 2.19. The molecule has 1 rings (SSSR count). The number of hydrogen-bond donors (Lipinski definition) is 1. The number of nitrogens with two attached hydrogens (primary N) is 1. The molecule has 0 aliphatic carbocycles. The minimum Gasteiger partial charge on any atom is -0.490 e. The number of anilines is 1. The predicted octanol–water partition coefficient (Wildman–Crippen LogP) is 2.54. The Morgan fingerprint density at radius 1 is 1.50 bits per heavy atom. The molecule has 0 unspecified atom stereocenters. The van der Waals surface area contributed by atoms with Crippen molar-refractivity contribution in [3.8, 4) is 5.75 Å². The first kappa shape index (κ1) is 11.2. The third-order valence-corrected chi connectivity index (χ3v) is 2.40. The van der Waals surface area contributed by atoms with E-state index < -0.39 is 5.82 Å². The van der Waals surface area contributed by atoms with Gasteiger partial charge in [-0.1, -0.05) is 0 Å². The first-order valence-electron chi connectivity index (χ1n) is 4.41. The van der Waals surface area contributed by atoms with Crippen LogP contribution in [-0.4, -0.2) is 18.6 Å². The number of benzene rings is 1. The zero-order valence-electron chi connectivity index (χ0n) is 8.13. The third-order valence-electron chi connectivity index (χ3n) is 1.71. The molecule has 1 aromatic rings. The van der Waals surface area contributed by atoms with Crippen LogP contribution in [0.2, 0.25) is 0 Å². The molecule has 0 aliphatic rings. The minimum atomic E-state index is -0.394. The van der Waals surface area contributed by atoms with E-state index in [0.717, 1.165) is 12.2 Å². The fraction of sp³-hybridized carbons (Fsp3) is 0.400. The van der Waals surface area contributed by atoms with Gasteiger partial charge in [0, 0.05) is 11.8 Å². The second-order valence-electron chi connectivity index (χ2n) is 2.88. The summed E-state index contributed by atoms with van der Waals surface area (Å²) in [5, 5.41) is 0. The van der Waals surface area contributed by atoms with Gasteiger partial charge in [0.1, 0.15) is 0 Å². The lowest BCUT2D eigenvalue weighted by Gasteiger charge is -2.06. The molecule has 4 heteroatoms. The van der Waals surface area contributed by atoms with Crippen molar-refractivity contribution in [3.63, 3.8) is 0 Å². The van der Waals surface area contributed by atoms with Gasteiger partial charge in [0.05, 0.1) is 6.61 Å². The first-order valence-corrected chi connectivity index (χ1v) is 5.80. The van der Waals surface area contributed by atoms with E-state index in [1.54, 1.807) is 23.9 Å². The Bertz CT molecular complexity index is 293. The van der Waals surface area contributed by atoms with E-state index in [1.807, 2.05) is 6.26 Å². The van der Waals surface area contributed by atoms with Gasteiger partial charge in [0.15, 0.2) is 11.6 Å². The molecule has 0 fully saturated rings. The molecule has 78 valence electrons. The Labute approximate surface area is 87.6 Å². The van der Waals surface area contributed by atoms with Crippen molar-refractivity contribution in [2.45, 2.75) is 6.42 Å². The van der Waals surface area contributed by atoms with E-state index in [4.69, 9.17) is 10.5 Å². The van der Waals surface area contributed by atoms with Gasteiger partial charge in [-0.3, -0.25) is 0 Å². The predicted molar refractivity (Wildman–Crippen MR) is 59.3 cm³/mol. The van der Waals surface area contributed by atoms with Crippen LogP contribution in [0.15, 0.2) is 18.2 Å². The Hall–Kier alpha value is -0.900. The highest BCUT2D eigenvalue weighted by atomic mass is 32.2. The maximum absolute atomic E-state index is 13.1. The molecule has 0 aromatic heterocycles. The lowest BCUT2D eigenvalue weighted by molar-refractivity contribution is 0.302. The molecule has 2 N–H and O–H groups in total. The summed E-state index contributed by atoms with van der Waals surface area (Å²) < 4.78 is 18.4. The second-order valence-corrected chi connectivity index (χ2v) is 3.87. The number of nitrogen functional groups attached to an aromatic ring is 1. The van der Waals surface area contributed by atoms with E-state index in [-0.39, 0.29) is 5.75 Å². The maximum atomic E-state index is 13.1. The summed E-state index contributed by atoms with van der Waals surface area (Å²) >= 11 is 1.75. The molecule has 0 saturated carbocycles. The van der Waals surface area contributed by atoms with Crippen molar-refractivity contribution in [3.05, 3.63) is 24.0 Å². The van der Waals surface area contributed by atoms with Gasteiger partial charge in [0.2, 0.25) is 0 Å². The molecule has 0 aliphatic heterocycles. The van der Waals surface area contributed by atoms with Crippen LogP contribution >= 0.6 is 11.8 Å². The molecule has 1 aromatic carbocycles. The number of thioether (sulfide) groups is 1. The maximum Gasteiger partial charge on any atom is 0.167 e. The normalized spacial score (nSPS) is 10.1. The van der Waals surface area contributed by atoms with Gasteiger partial charge < -0.3 is 10.5 Å². The van der Waals surface area contributed by atoms with Crippen LogP contribution in [-0.2, 0) is 0 Å². The van der Waals surface area contributed by atoms with E-state index in [1.165, 1.54) is 6.07 Å². The molecule has 0 radical (unpaired) electrons. The zero-order valence-corrected chi connectivity index (χ0v) is 8.94. The molecule has 0 heterocycles. The quantitative estimate of drug-likeness (QED) is 0.605. The fourth-order valence-electron chi connectivity index (χ4n) is 1.02. The molecule has 0 saturated heterocycles. The van der Waals surface area contributed by atoms with E-state index in [0.29, 0.717) is 12.3 Å². The number of rotatable bonds is 5. The Kier molecular flexibility index (Phi) is 4.59. The van der Waals surface area contributed by atoms with Crippen molar-refractivity contribution in [1.29, 1.82) is 0 Å². The Morgan fingerprint density at radius 3 is 2.93 bits per heavy atom. The average molecular weight is 215 g/mol. The standard InChI is InChI=1S/C10H14FNOS/c1-14-6-2-5-13-10-4-3-8(12)7-9(10)11/h3-4,7H,2,5-6,12H2,1H3. The number of hydrogen-bond acceptors (Lipinski definition) is 3. The monoisotopic (exact) mass is 215 g/mol. The molecule has 14 heavy (non-hydrogen) atoms. The summed E-state index contributed by atoms with van der Waals surface area (Å²) in [6.07, 6.45) is 2.95. The smallest absolute Gasteiger partial charge is 0.167 e. The van der Waals surface area contributed by atoms with Crippen LogP contribution < -0.4 is 10.5 Å². The lowest BCUT2D eigenvalue weighted by Crippen LogP contribution is -2.00. The molecule has 0 bridgehead atoms. The lowest BCUT2D eigenvalue weighted by atomic mass is 10.3. The summed E-state index contributed by atoms with van der Waals surface area (Å²) in [7, 11) is 0. The second kappa shape index (κ2) is 5.75.